The van der Waals surface area contributed by atoms with Crippen molar-refractivity contribution in [2.45, 2.75) is 39.2 Å². The molecule has 0 radical (unpaired) electrons. The summed E-state index contributed by atoms with van der Waals surface area (Å²) in [6.07, 6.45) is 3.06. The average molecular weight is 368 g/mol. The number of piperidine rings is 1. The van der Waals surface area contributed by atoms with Crippen LogP contribution < -0.4 is 5.32 Å². The minimum Gasteiger partial charge on any atom is -0.352 e. The van der Waals surface area contributed by atoms with Gasteiger partial charge in [0.15, 0.2) is 0 Å². The van der Waals surface area contributed by atoms with E-state index in [4.69, 9.17) is 0 Å². The first-order valence-electron chi connectivity index (χ1n) is 9.87. The van der Waals surface area contributed by atoms with Crippen LogP contribution in [0.4, 0.5) is 4.39 Å². The van der Waals surface area contributed by atoms with E-state index in [1.807, 2.05) is 24.3 Å². The molecule has 1 N–H and O–H groups in total. The predicted molar refractivity (Wildman–Crippen MR) is 107 cm³/mol. The molecule has 1 amide bonds. The molecule has 4 heteroatoms. The van der Waals surface area contributed by atoms with Crippen molar-refractivity contribution >= 4 is 5.91 Å². The molecule has 0 aliphatic carbocycles. The summed E-state index contributed by atoms with van der Waals surface area (Å²) >= 11 is 0. The van der Waals surface area contributed by atoms with Crippen LogP contribution in [0.25, 0.3) is 0 Å². The van der Waals surface area contributed by atoms with Crippen LogP contribution in [0.1, 0.15) is 48.2 Å². The van der Waals surface area contributed by atoms with Crippen LogP contribution in [0, 0.1) is 11.7 Å². The van der Waals surface area contributed by atoms with Crippen molar-refractivity contribution in [1.29, 1.82) is 0 Å². The summed E-state index contributed by atoms with van der Waals surface area (Å²) in [6.45, 7) is 7.40. The summed E-state index contributed by atoms with van der Waals surface area (Å²) in [6, 6.07) is 14.8. The molecule has 2 aromatic carbocycles. The molecule has 1 fully saturated rings. The van der Waals surface area contributed by atoms with E-state index in [0.717, 1.165) is 30.8 Å². The van der Waals surface area contributed by atoms with Crippen LogP contribution in [-0.4, -0.2) is 36.5 Å². The second-order valence-electron chi connectivity index (χ2n) is 7.81. The van der Waals surface area contributed by atoms with Crippen LogP contribution in [0.2, 0.25) is 0 Å². The lowest BCUT2D eigenvalue weighted by Crippen LogP contribution is -2.43. The molecule has 1 heterocycles. The van der Waals surface area contributed by atoms with Crippen molar-refractivity contribution in [3.05, 3.63) is 71.0 Å². The number of benzene rings is 2. The number of amides is 1. The highest BCUT2D eigenvalue weighted by molar-refractivity contribution is 5.94. The number of halogens is 1. The highest BCUT2D eigenvalue weighted by Gasteiger charge is 2.22. The van der Waals surface area contributed by atoms with E-state index in [0.29, 0.717) is 23.9 Å². The van der Waals surface area contributed by atoms with Gasteiger partial charge in [0.25, 0.3) is 5.91 Å². The Morgan fingerprint density at radius 1 is 1.19 bits per heavy atom. The minimum atomic E-state index is -0.231. The van der Waals surface area contributed by atoms with Gasteiger partial charge in [-0.15, -0.1) is 0 Å². The van der Waals surface area contributed by atoms with E-state index in [2.05, 4.69) is 24.1 Å². The molecule has 0 bridgehead atoms. The fourth-order valence-electron chi connectivity index (χ4n) is 3.73. The summed E-state index contributed by atoms with van der Waals surface area (Å²) in [5.74, 6) is 0.274. The third-order valence-electron chi connectivity index (χ3n) is 5.34. The third kappa shape index (κ3) is 5.64. The van der Waals surface area contributed by atoms with Gasteiger partial charge in [-0.3, -0.25) is 4.79 Å². The van der Waals surface area contributed by atoms with E-state index < -0.39 is 0 Å². The zero-order valence-electron chi connectivity index (χ0n) is 16.2. The van der Waals surface area contributed by atoms with Crippen molar-refractivity contribution in [1.82, 2.24) is 10.2 Å². The molecule has 3 nitrogen and oxygen atoms in total. The SMILES string of the molecule is CC(C)N1CCCC(CNC(=O)c2cccc(Cc3ccc(F)cc3)c2)C1. The van der Waals surface area contributed by atoms with Crippen LogP contribution in [0.5, 0.6) is 0 Å². The Labute approximate surface area is 161 Å². The normalized spacial score (nSPS) is 17.9. The van der Waals surface area contributed by atoms with Gasteiger partial charge in [-0.25, -0.2) is 4.39 Å². The summed E-state index contributed by atoms with van der Waals surface area (Å²) in [5, 5.41) is 3.11. The van der Waals surface area contributed by atoms with Gasteiger partial charge < -0.3 is 10.2 Å². The number of carbonyl (C=O) groups is 1. The molecule has 0 spiro atoms. The second-order valence-corrected chi connectivity index (χ2v) is 7.81. The second kappa shape index (κ2) is 9.14. The predicted octanol–water partition coefficient (Wildman–Crippen LogP) is 4.27. The first-order valence-corrected chi connectivity index (χ1v) is 9.87. The van der Waals surface area contributed by atoms with Crippen molar-refractivity contribution < 1.29 is 9.18 Å². The van der Waals surface area contributed by atoms with Gasteiger partial charge in [-0.2, -0.15) is 0 Å². The Hall–Kier alpha value is -2.20. The van der Waals surface area contributed by atoms with Crippen LogP contribution in [-0.2, 0) is 6.42 Å². The smallest absolute Gasteiger partial charge is 0.251 e. The first-order chi connectivity index (χ1) is 13.0. The van der Waals surface area contributed by atoms with Gasteiger partial charge in [-0.1, -0.05) is 24.3 Å². The quantitative estimate of drug-likeness (QED) is 0.826. The van der Waals surface area contributed by atoms with Crippen molar-refractivity contribution in [3.63, 3.8) is 0 Å². The van der Waals surface area contributed by atoms with Crippen LogP contribution in [0.3, 0.4) is 0 Å². The Balaban J connectivity index is 1.56. The number of rotatable bonds is 6. The molecule has 0 aromatic heterocycles. The number of nitrogens with one attached hydrogen (secondary N) is 1. The van der Waals surface area contributed by atoms with E-state index in [-0.39, 0.29) is 11.7 Å². The maximum Gasteiger partial charge on any atom is 0.251 e. The minimum absolute atomic E-state index is 0.0161. The van der Waals surface area contributed by atoms with Crippen molar-refractivity contribution in [3.8, 4) is 0 Å². The Bertz CT molecular complexity index is 757. The number of nitrogens with zero attached hydrogens (tertiary/aromatic N) is 1. The standard InChI is InChI=1S/C23H29FN2O/c1-17(2)26-12-4-6-20(16-26)15-25-23(27)21-7-3-5-19(14-21)13-18-8-10-22(24)11-9-18/h3,5,7-11,14,17,20H,4,6,12-13,15-16H2,1-2H3,(H,25,27). The summed E-state index contributed by atoms with van der Waals surface area (Å²) in [4.78, 5) is 15.1. The van der Waals surface area contributed by atoms with Gasteiger partial charge in [0, 0.05) is 24.7 Å². The summed E-state index contributed by atoms with van der Waals surface area (Å²) in [7, 11) is 0. The van der Waals surface area contributed by atoms with Crippen molar-refractivity contribution in [2.24, 2.45) is 5.92 Å². The van der Waals surface area contributed by atoms with Gasteiger partial charge in [-0.05, 0) is 81.0 Å². The fourth-order valence-corrected chi connectivity index (χ4v) is 3.73. The van der Waals surface area contributed by atoms with Crippen LogP contribution in [0.15, 0.2) is 48.5 Å². The molecule has 1 unspecified atom stereocenters. The Kier molecular flexibility index (Phi) is 6.62. The number of hydrogen-bond donors (Lipinski definition) is 1. The highest BCUT2D eigenvalue weighted by Crippen LogP contribution is 2.18. The zero-order valence-corrected chi connectivity index (χ0v) is 16.2. The summed E-state index contributed by atoms with van der Waals surface area (Å²) in [5.41, 5.74) is 2.77. The van der Waals surface area contributed by atoms with Crippen molar-refractivity contribution in [2.75, 3.05) is 19.6 Å². The topological polar surface area (TPSA) is 32.3 Å². The lowest BCUT2D eigenvalue weighted by atomic mass is 9.96. The van der Waals surface area contributed by atoms with Gasteiger partial charge in [0.05, 0.1) is 0 Å². The molecular weight excluding hydrogens is 339 g/mol. The Morgan fingerprint density at radius 2 is 1.96 bits per heavy atom. The highest BCUT2D eigenvalue weighted by atomic mass is 19.1. The van der Waals surface area contributed by atoms with Gasteiger partial charge >= 0.3 is 0 Å². The van der Waals surface area contributed by atoms with E-state index in [9.17, 15) is 9.18 Å². The lowest BCUT2D eigenvalue weighted by molar-refractivity contribution is 0.0922. The number of carbonyl (C=O) groups excluding carboxylic acids is 1. The Morgan fingerprint density at radius 3 is 2.70 bits per heavy atom. The monoisotopic (exact) mass is 368 g/mol. The largest absolute Gasteiger partial charge is 0.352 e. The average Bonchev–Trinajstić information content (AvgIpc) is 2.68. The summed E-state index contributed by atoms with van der Waals surface area (Å²) < 4.78 is 13.0. The van der Waals surface area contributed by atoms with E-state index >= 15 is 0 Å². The molecule has 2 aromatic rings. The molecule has 27 heavy (non-hydrogen) atoms. The molecule has 1 aliphatic heterocycles. The molecule has 3 rings (SSSR count). The lowest BCUT2D eigenvalue weighted by Gasteiger charge is -2.35. The maximum atomic E-state index is 13.0. The van der Waals surface area contributed by atoms with E-state index in [1.54, 1.807) is 12.1 Å². The zero-order chi connectivity index (χ0) is 19.2. The molecule has 1 saturated heterocycles. The van der Waals surface area contributed by atoms with Gasteiger partial charge in [0.1, 0.15) is 5.82 Å². The van der Waals surface area contributed by atoms with Gasteiger partial charge in [0.2, 0.25) is 0 Å². The molecule has 144 valence electrons. The molecule has 0 saturated carbocycles. The van der Waals surface area contributed by atoms with Crippen LogP contribution >= 0.6 is 0 Å². The maximum absolute atomic E-state index is 13.0. The van der Waals surface area contributed by atoms with E-state index in [1.165, 1.54) is 25.0 Å². The fraction of sp³-hybridized carbons (Fsp3) is 0.435. The molecule has 1 aliphatic rings. The first kappa shape index (κ1) is 19.6. The number of likely N-dealkylation sites (tertiary alicyclic amines) is 1. The third-order valence-corrected chi connectivity index (χ3v) is 5.34. The molecule has 1 atom stereocenters. The number of hydrogen-bond acceptors (Lipinski definition) is 2. The molecular formula is C23H29FN2O.